The van der Waals surface area contributed by atoms with E-state index in [1.54, 1.807) is 37.6 Å². The lowest BCUT2D eigenvalue weighted by Gasteiger charge is -2.42. The standard InChI is InChI=1S/C50H68F2N9O11.Al/c1-29(2)50(8,24-44(68)69)23-41(65)56-25-42(66)54-17-18-55-47(71)37(58-48(72)38(22-40(53)64)59-46(70)30(3)57-31(4)63)16-19-61(43(67)28-62)45(49(5,6)7)39-20-33(35-21-34(51)14-15-36(35)52)27-60(39)26-32-12-10-9-11-13-32;/h9-15,20-21,27,30,37-38,45,62H,16-19,22-26,28H2,1-8H3,(H2,53,64)(H,54,66)(H,55,71)(H,56,65)(H,57,63)(H,58,72)(H,59,70)(H,68,69);/t30-,37+,38+,45+,50?;/m1./s1. The van der Waals surface area contributed by atoms with E-state index >= 15 is 4.39 Å². The van der Waals surface area contributed by atoms with Gasteiger partial charge < -0.3 is 57.3 Å². The number of carbonyl (C=O) groups is 9. The van der Waals surface area contributed by atoms with E-state index in [9.17, 15) is 57.8 Å². The van der Waals surface area contributed by atoms with Crippen LogP contribution in [0.5, 0.6) is 0 Å². The maximum atomic E-state index is 15.3. The van der Waals surface area contributed by atoms with Crippen molar-refractivity contribution in [2.45, 2.75) is 116 Å². The predicted molar refractivity (Wildman–Crippen MR) is 266 cm³/mol. The van der Waals surface area contributed by atoms with E-state index in [0.29, 0.717) is 5.69 Å². The van der Waals surface area contributed by atoms with Gasteiger partial charge in [0.1, 0.15) is 52.7 Å². The zero-order valence-corrected chi connectivity index (χ0v) is 43.7. The normalized spacial score (nSPS) is 14.0. The number of hydrogen-bond donors (Lipinski definition) is 9. The molecular formula is C50H68AlF2N9O11. The van der Waals surface area contributed by atoms with Crippen LogP contribution >= 0.6 is 0 Å². The van der Waals surface area contributed by atoms with Crippen LogP contribution in [0.15, 0.2) is 60.8 Å². The number of aliphatic hydroxyl groups is 1. The number of nitrogens with two attached hydrogens (primary N) is 1. The van der Waals surface area contributed by atoms with Crippen molar-refractivity contribution < 1.29 is 62.1 Å². The van der Waals surface area contributed by atoms with Gasteiger partial charge in [0.05, 0.1) is 25.4 Å². The molecule has 0 saturated carbocycles. The molecule has 5 atom stereocenters. The van der Waals surface area contributed by atoms with Crippen molar-refractivity contribution >= 4 is 69.5 Å². The van der Waals surface area contributed by atoms with Crippen LogP contribution in [-0.4, -0.2) is 140 Å². The van der Waals surface area contributed by atoms with Gasteiger partial charge in [0, 0.05) is 62.5 Å². The lowest BCUT2D eigenvalue weighted by molar-refractivity contribution is -0.141. The average Bonchev–Trinajstić information content (AvgIpc) is 3.68. The second-order valence-corrected chi connectivity index (χ2v) is 21.3. The summed E-state index contributed by atoms with van der Waals surface area (Å²) in [6.07, 6.45) is 0.0157. The maximum absolute atomic E-state index is 15.3. The van der Waals surface area contributed by atoms with Crippen molar-refractivity contribution in [3.8, 4) is 11.1 Å². The van der Waals surface area contributed by atoms with Gasteiger partial charge in [0.2, 0.25) is 47.3 Å². The van der Waals surface area contributed by atoms with E-state index in [1.807, 2.05) is 51.1 Å². The molecule has 3 aromatic rings. The van der Waals surface area contributed by atoms with Gasteiger partial charge in [-0.1, -0.05) is 76.2 Å². The summed E-state index contributed by atoms with van der Waals surface area (Å²) in [7, 11) is 0. The van der Waals surface area contributed by atoms with Gasteiger partial charge in [-0.05, 0) is 54.0 Å². The number of aliphatic carboxylic acids is 1. The smallest absolute Gasteiger partial charge is 0.303 e. The number of amides is 8. The van der Waals surface area contributed by atoms with Gasteiger partial charge >= 0.3 is 5.97 Å². The van der Waals surface area contributed by atoms with E-state index in [0.717, 1.165) is 30.7 Å². The number of hydrogen-bond acceptors (Lipinski definition) is 10. The van der Waals surface area contributed by atoms with Crippen LogP contribution in [0.1, 0.15) is 98.4 Å². The van der Waals surface area contributed by atoms with Gasteiger partial charge in [0.15, 0.2) is 0 Å². The fourth-order valence-corrected chi connectivity index (χ4v) is 8.21. The van der Waals surface area contributed by atoms with Crippen LogP contribution in [0.3, 0.4) is 0 Å². The molecule has 2 aromatic carbocycles. The van der Waals surface area contributed by atoms with Gasteiger partial charge in [0.25, 0.3) is 0 Å². The minimum atomic E-state index is -1.66. The number of rotatable bonds is 27. The summed E-state index contributed by atoms with van der Waals surface area (Å²) in [5, 5.41) is 34.7. The number of nitrogens with one attached hydrogen (secondary N) is 6. The number of carbonyl (C=O) groups excluding carboxylic acids is 8. The molecule has 10 N–H and O–H groups in total. The summed E-state index contributed by atoms with van der Waals surface area (Å²) >= 11 is 2.54. The molecule has 0 bridgehead atoms. The molecule has 0 aliphatic rings. The van der Waals surface area contributed by atoms with Crippen LogP contribution in [0.2, 0.25) is 4.28 Å². The van der Waals surface area contributed by atoms with E-state index in [-0.39, 0.29) is 56.6 Å². The first-order valence-electron chi connectivity index (χ1n) is 23.5. The van der Waals surface area contributed by atoms with Crippen molar-refractivity contribution in [2.75, 3.05) is 32.8 Å². The Hall–Kier alpha value is -6.70. The highest BCUT2D eigenvalue weighted by atomic mass is 27.0. The van der Waals surface area contributed by atoms with Gasteiger partial charge in [-0.2, -0.15) is 0 Å². The highest BCUT2D eigenvalue weighted by Crippen LogP contribution is 2.48. The van der Waals surface area contributed by atoms with Crippen LogP contribution in [-0.2, 0) is 49.7 Å². The minimum Gasteiger partial charge on any atom is -0.481 e. The second kappa shape index (κ2) is 26.8. The monoisotopic (exact) mass is 1040 g/mol. The number of halogens is 2. The minimum absolute atomic E-state index is 0.0545. The molecule has 396 valence electrons. The Morgan fingerprint density at radius 2 is 1.42 bits per heavy atom. The Bertz CT molecular complexity index is 2480. The molecule has 0 spiro atoms. The first kappa shape index (κ1) is 60.6. The molecule has 8 amide bonds. The fourth-order valence-electron chi connectivity index (χ4n) is 8.01. The van der Waals surface area contributed by atoms with E-state index in [2.05, 4.69) is 48.2 Å². The molecule has 0 aliphatic heterocycles. The van der Waals surface area contributed by atoms with Crippen molar-refractivity contribution in [1.82, 2.24) is 41.4 Å². The second-order valence-electron chi connectivity index (χ2n) is 19.9. The molecule has 1 heterocycles. The first-order valence-corrected chi connectivity index (χ1v) is 24.1. The predicted octanol–water partition coefficient (Wildman–Crippen LogP) is 1.74. The highest BCUT2D eigenvalue weighted by molar-refractivity contribution is 6.15. The number of carboxylic acids is 1. The van der Waals surface area contributed by atoms with Crippen LogP contribution in [0.25, 0.3) is 11.1 Å². The first-order chi connectivity index (χ1) is 34.0. The summed E-state index contributed by atoms with van der Waals surface area (Å²) in [5.74, 6) is -8.86. The number of nitrogens with zero attached hydrogens (tertiary/aromatic N) is 2. The van der Waals surface area contributed by atoms with Crippen LogP contribution < -0.4 is 37.6 Å². The summed E-state index contributed by atoms with van der Waals surface area (Å²) in [4.78, 5) is 117. The van der Waals surface area contributed by atoms with Gasteiger partial charge in [-0.25, -0.2) is 8.78 Å². The average molecular weight is 1040 g/mol. The summed E-state index contributed by atoms with van der Waals surface area (Å²) in [6, 6.07) is 8.49. The highest BCUT2D eigenvalue weighted by Gasteiger charge is 2.41. The molecule has 23 heteroatoms. The van der Waals surface area contributed by atoms with E-state index < -0.39 is 124 Å². The number of aromatic nitrogens is 1. The van der Waals surface area contributed by atoms with E-state index in [4.69, 9.17) is 5.73 Å². The SMILES string of the molecule is CC(=O)N[C@H](C)C(=O)N[C@@H](CC(N)=O)C(=O)N[C@@H](CCN(C(=O)CO)[C@@H](c1cc(-c2cc(F)ccc2F)cn1Cc1ccccc1)C(C)(C)C)C(=O)NCCNC(=O)CNC(=O)CC(C)(CC(=O)O)[C](C)(C)[Al]. The van der Waals surface area contributed by atoms with Gasteiger partial charge in [-0.3, -0.25) is 43.2 Å². The third kappa shape index (κ3) is 18.7. The molecule has 1 unspecified atom stereocenters. The number of carboxylic acid groups (broad SMARTS) is 1. The number of benzene rings is 2. The van der Waals surface area contributed by atoms with Crippen molar-refractivity contribution in [3.05, 3.63) is 83.7 Å². The van der Waals surface area contributed by atoms with Gasteiger partial charge in [-0.15, -0.1) is 0 Å². The fraction of sp³-hybridized carbons (Fsp3) is 0.500. The zero-order chi connectivity index (χ0) is 55.0. The number of aliphatic hydroxyl groups excluding tert-OH is 1. The molecule has 1 aromatic heterocycles. The third-order valence-corrected chi connectivity index (χ3v) is 12.9. The molecule has 20 nitrogen and oxygen atoms in total. The zero-order valence-electron chi connectivity index (χ0n) is 42.5. The largest absolute Gasteiger partial charge is 0.481 e. The Labute approximate surface area is 431 Å². The Morgan fingerprint density at radius 3 is 2.00 bits per heavy atom. The Morgan fingerprint density at radius 1 is 0.795 bits per heavy atom. The van der Waals surface area contributed by atoms with Crippen LogP contribution in [0, 0.1) is 22.5 Å². The van der Waals surface area contributed by atoms with Crippen LogP contribution in [0.4, 0.5) is 8.78 Å². The molecule has 2 radical (unpaired) electrons. The summed E-state index contributed by atoms with van der Waals surface area (Å²) in [5.41, 5.74) is 5.07. The maximum Gasteiger partial charge on any atom is 0.303 e. The lowest BCUT2D eigenvalue weighted by atomic mass is 9.72. The topological polar surface area (TPSA) is 300 Å². The van der Waals surface area contributed by atoms with E-state index in [1.165, 1.54) is 11.8 Å². The Kier molecular flexibility index (Phi) is 22.3. The molecule has 73 heavy (non-hydrogen) atoms. The van der Waals surface area contributed by atoms with Crippen molar-refractivity contribution in [3.63, 3.8) is 0 Å². The summed E-state index contributed by atoms with van der Waals surface area (Å²) in [6.45, 7) is 11.1. The molecule has 3 rings (SSSR count). The third-order valence-electron chi connectivity index (χ3n) is 12.2. The lowest BCUT2D eigenvalue weighted by Crippen LogP contribution is -2.57. The molecule has 0 saturated heterocycles. The number of primary amides is 1. The Balaban J connectivity index is 1.98. The molecule has 0 fully saturated rings. The van der Waals surface area contributed by atoms with Crippen molar-refractivity contribution in [2.24, 2.45) is 16.6 Å². The quantitative estimate of drug-likeness (QED) is 0.0392. The van der Waals surface area contributed by atoms with Crippen molar-refractivity contribution in [1.29, 1.82) is 0 Å². The molecule has 0 aliphatic carbocycles. The molecular weight excluding hydrogens is 968 g/mol. The summed E-state index contributed by atoms with van der Waals surface area (Å²) < 4.78 is 31.0.